The Morgan fingerprint density at radius 3 is 2.65 bits per heavy atom. The van der Waals surface area contributed by atoms with Crippen LogP contribution in [-0.4, -0.2) is 64.2 Å². The summed E-state index contributed by atoms with van der Waals surface area (Å²) in [6.45, 7) is 7.73. The lowest BCUT2D eigenvalue weighted by molar-refractivity contribution is -0.137. The van der Waals surface area contributed by atoms with Gasteiger partial charge in [-0.15, -0.1) is 0 Å². The number of nitrogens with zero attached hydrogens (tertiary/aromatic N) is 4. The third kappa shape index (κ3) is 3.17. The quantitative estimate of drug-likeness (QED) is 0.741. The van der Waals surface area contributed by atoms with Gasteiger partial charge in [-0.25, -0.2) is 4.98 Å². The monoisotopic (exact) mass is 336 g/mol. The summed E-state index contributed by atoms with van der Waals surface area (Å²) in [5, 5.41) is 0.757. The average molecular weight is 336 g/mol. The van der Waals surface area contributed by atoms with E-state index in [1.54, 1.807) is 4.57 Å². The molecule has 2 aliphatic rings. The van der Waals surface area contributed by atoms with Gasteiger partial charge in [-0.2, -0.15) is 0 Å². The van der Waals surface area contributed by atoms with Gasteiger partial charge in [0.1, 0.15) is 0 Å². The Hall–Kier alpha value is -1.34. The van der Waals surface area contributed by atoms with E-state index in [1.165, 1.54) is 11.8 Å². The Labute approximate surface area is 140 Å². The molecule has 126 valence electrons. The lowest BCUT2D eigenvalue weighted by Gasteiger charge is -2.35. The van der Waals surface area contributed by atoms with Crippen molar-refractivity contribution in [2.24, 2.45) is 5.92 Å². The van der Waals surface area contributed by atoms with E-state index in [-0.39, 0.29) is 17.4 Å². The molecule has 0 spiro atoms. The summed E-state index contributed by atoms with van der Waals surface area (Å²) in [6, 6.07) is 0. The smallest absolute Gasteiger partial charge is 0.257 e. The van der Waals surface area contributed by atoms with Crippen molar-refractivity contribution in [3.63, 3.8) is 0 Å². The fourth-order valence-electron chi connectivity index (χ4n) is 3.24. The molecule has 0 radical (unpaired) electrons. The van der Waals surface area contributed by atoms with E-state index in [2.05, 4.69) is 16.9 Å². The molecule has 1 saturated heterocycles. The van der Waals surface area contributed by atoms with Crippen molar-refractivity contribution >= 4 is 17.7 Å². The average Bonchev–Trinajstić information content (AvgIpc) is 2.55. The topological polar surface area (TPSA) is 58.4 Å². The summed E-state index contributed by atoms with van der Waals surface area (Å²) in [5.74, 6) is 0.771. The zero-order valence-electron chi connectivity index (χ0n) is 14.0. The molecule has 7 heteroatoms. The molecule has 1 aromatic heterocycles. The Morgan fingerprint density at radius 2 is 2.00 bits per heavy atom. The molecule has 1 unspecified atom stereocenters. The first-order valence-electron chi connectivity index (χ1n) is 8.21. The number of fused-ring (bicyclic) bond motifs is 1. The summed E-state index contributed by atoms with van der Waals surface area (Å²) in [4.78, 5) is 34.1. The molecule has 1 fully saturated rings. The predicted octanol–water partition coefficient (Wildman–Crippen LogP) is 0.610. The first-order valence-corrected chi connectivity index (χ1v) is 9.20. The van der Waals surface area contributed by atoms with E-state index < -0.39 is 0 Å². The molecular weight excluding hydrogens is 312 g/mol. The van der Waals surface area contributed by atoms with E-state index in [1.807, 2.05) is 18.7 Å². The number of carbonyl (C=O) groups excluding carboxylic acids is 1. The van der Waals surface area contributed by atoms with Crippen molar-refractivity contribution in [1.29, 1.82) is 0 Å². The number of rotatable bonds is 2. The molecule has 0 saturated carbocycles. The summed E-state index contributed by atoms with van der Waals surface area (Å²) < 4.78 is 1.71. The number of aromatic nitrogens is 2. The van der Waals surface area contributed by atoms with Gasteiger partial charge in [0.15, 0.2) is 5.16 Å². The van der Waals surface area contributed by atoms with E-state index in [0.717, 1.165) is 42.6 Å². The van der Waals surface area contributed by atoms with E-state index >= 15 is 0 Å². The van der Waals surface area contributed by atoms with E-state index in [4.69, 9.17) is 0 Å². The zero-order valence-corrected chi connectivity index (χ0v) is 14.9. The van der Waals surface area contributed by atoms with Gasteiger partial charge >= 0.3 is 0 Å². The van der Waals surface area contributed by atoms with Crippen LogP contribution < -0.4 is 5.56 Å². The van der Waals surface area contributed by atoms with Gasteiger partial charge in [-0.1, -0.05) is 18.7 Å². The minimum absolute atomic E-state index is 0.0263. The van der Waals surface area contributed by atoms with Crippen LogP contribution >= 0.6 is 11.8 Å². The summed E-state index contributed by atoms with van der Waals surface area (Å²) in [7, 11) is 2.08. The van der Waals surface area contributed by atoms with Crippen molar-refractivity contribution in [2.75, 3.05) is 39.0 Å². The number of piperazine rings is 1. The highest BCUT2D eigenvalue weighted by molar-refractivity contribution is 7.99. The third-order valence-corrected chi connectivity index (χ3v) is 5.91. The van der Waals surface area contributed by atoms with Crippen LogP contribution in [0.5, 0.6) is 0 Å². The second-order valence-corrected chi connectivity index (χ2v) is 7.35. The van der Waals surface area contributed by atoms with Gasteiger partial charge in [0.25, 0.3) is 5.56 Å². The number of likely N-dealkylation sites (N-methyl/N-ethyl adjacent to an activating group) is 1. The molecule has 3 heterocycles. The van der Waals surface area contributed by atoms with Gasteiger partial charge in [0.2, 0.25) is 5.91 Å². The normalized spacial score (nSPS) is 22.0. The summed E-state index contributed by atoms with van der Waals surface area (Å²) in [6.07, 6.45) is 0.680. The number of hydrogen-bond acceptors (Lipinski definition) is 5. The second kappa shape index (κ2) is 6.65. The summed E-state index contributed by atoms with van der Waals surface area (Å²) in [5.41, 5.74) is 1.61. The van der Waals surface area contributed by atoms with Crippen LogP contribution in [0.1, 0.15) is 18.2 Å². The Morgan fingerprint density at radius 1 is 1.30 bits per heavy atom. The fraction of sp³-hybridized carbons (Fsp3) is 0.688. The molecule has 3 rings (SSSR count). The van der Waals surface area contributed by atoms with Crippen molar-refractivity contribution in [3.8, 4) is 0 Å². The van der Waals surface area contributed by atoms with Gasteiger partial charge in [-0.3, -0.25) is 14.2 Å². The number of amides is 1. The molecule has 0 N–H and O–H groups in total. The van der Waals surface area contributed by atoms with Gasteiger partial charge in [-0.05, 0) is 20.4 Å². The van der Waals surface area contributed by atoms with Gasteiger partial charge in [0, 0.05) is 49.7 Å². The molecule has 1 atom stereocenters. The minimum atomic E-state index is -0.122. The lowest BCUT2D eigenvalue weighted by Crippen LogP contribution is -2.51. The number of carbonyl (C=O) groups is 1. The first-order chi connectivity index (χ1) is 11.0. The van der Waals surface area contributed by atoms with E-state index in [0.29, 0.717) is 18.7 Å². The van der Waals surface area contributed by atoms with Crippen LogP contribution in [0.2, 0.25) is 0 Å². The molecule has 0 bridgehead atoms. The number of aryl methyl sites for hydroxylation is 1. The molecule has 1 aromatic rings. The lowest BCUT2D eigenvalue weighted by atomic mass is 10.1. The molecular formula is C16H24N4O2S. The highest BCUT2D eigenvalue weighted by atomic mass is 32.2. The predicted molar refractivity (Wildman–Crippen MR) is 90.9 cm³/mol. The molecule has 1 amide bonds. The summed E-state index contributed by atoms with van der Waals surface area (Å²) >= 11 is 1.53. The van der Waals surface area contributed by atoms with Crippen molar-refractivity contribution in [3.05, 3.63) is 21.6 Å². The van der Waals surface area contributed by atoms with Crippen LogP contribution in [-0.2, 0) is 17.8 Å². The van der Waals surface area contributed by atoms with Crippen molar-refractivity contribution < 1.29 is 4.79 Å². The number of thioether (sulfide) groups is 1. The maximum atomic E-state index is 12.8. The minimum Gasteiger partial charge on any atom is -0.340 e. The highest BCUT2D eigenvalue weighted by Gasteiger charge is 2.31. The molecule has 6 nitrogen and oxygen atoms in total. The zero-order chi connectivity index (χ0) is 16.6. The fourth-order valence-corrected chi connectivity index (χ4v) is 4.35. The van der Waals surface area contributed by atoms with E-state index in [9.17, 15) is 9.59 Å². The Bertz CT molecular complexity index is 665. The SMILES string of the molecule is CCc1c(C)nc2n(c1=O)CC(C(=O)N1CCN(C)CC1)CS2. The molecule has 23 heavy (non-hydrogen) atoms. The maximum absolute atomic E-state index is 12.8. The van der Waals surface area contributed by atoms with Gasteiger partial charge < -0.3 is 9.80 Å². The van der Waals surface area contributed by atoms with Crippen molar-refractivity contribution in [2.45, 2.75) is 32.0 Å². The van der Waals surface area contributed by atoms with Crippen LogP contribution in [0.25, 0.3) is 0 Å². The van der Waals surface area contributed by atoms with Crippen molar-refractivity contribution in [1.82, 2.24) is 19.4 Å². The third-order valence-electron chi connectivity index (χ3n) is 4.77. The van der Waals surface area contributed by atoms with Crippen LogP contribution in [0.3, 0.4) is 0 Å². The Balaban J connectivity index is 1.80. The van der Waals surface area contributed by atoms with Gasteiger partial charge in [0.05, 0.1) is 5.92 Å². The van der Waals surface area contributed by atoms with Crippen LogP contribution in [0.4, 0.5) is 0 Å². The first kappa shape index (κ1) is 16.5. The second-order valence-electron chi connectivity index (χ2n) is 6.36. The highest BCUT2D eigenvalue weighted by Crippen LogP contribution is 2.27. The number of hydrogen-bond donors (Lipinski definition) is 0. The maximum Gasteiger partial charge on any atom is 0.257 e. The molecule has 0 aliphatic carbocycles. The standard InChI is InChI=1S/C16H24N4O2S/c1-4-13-11(2)17-16-20(15(13)22)9-12(10-23-16)14(21)19-7-5-18(3)6-8-19/h12H,4-10H2,1-3H3. The molecule has 2 aliphatic heterocycles. The Kier molecular flexibility index (Phi) is 4.77. The largest absolute Gasteiger partial charge is 0.340 e. The van der Waals surface area contributed by atoms with Crippen LogP contribution in [0.15, 0.2) is 9.95 Å². The molecule has 0 aromatic carbocycles. The van der Waals surface area contributed by atoms with Crippen LogP contribution in [0, 0.1) is 12.8 Å².